The molecule has 0 spiro atoms. The fourth-order valence-electron chi connectivity index (χ4n) is 4.02. The van der Waals surface area contributed by atoms with E-state index >= 15 is 0 Å². The number of halogens is 1. The summed E-state index contributed by atoms with van der Waals surface area (Å²) in [6, 6.07) is 6.04. The summed E-state index contributed by atoms with van der Waals surface area (Å²) in [5.74, 6) is -0.138. The van der Waals surface area contributed by atoms with E-state index in [-0.39, 0.29) is 18.3 Å². The van der Waals surface area contributed by atoms with Gasteiger partial charge in [0, 0.05) is 30.4 Å². The molecule has 7 heteroatoms. The summed E-state index contributed by atoms with van der Waals surface area (Å²) in [5, 5.41) is 4.47. The van der Waals surface area contributed by atoms with Crippen molar-refractivity contribution < 1.29 is 18.7 Å². The number of hydrogen-bond acceptors (Lipinski definition) is 4. The van der Waals surface area contributed by atoms with Gasteiger partial charge in [-0.05, 0) is 62.4 Å². The van der Waals surface area contributed by atoms with E-state index in [1.165, 1.54) is 18.2 Å². The van der Waals surface area contributed by atoms with E-state index in [0.29, 0.717) is 24.9 Å². The number of carbonyl (C=O) groups excluding carboxylic acids is 2. The van der Waals surface area contributed by atoms with Gasteiger partial charge >= 0.3 is 5.97 Å². The average molecular weight is 413 g/mol. The number of nitrogens with zero attached hydrogens (tertiary/aromatic N) is 3. The van der Waals surface area contributed by atoms with Crippen LogP contribution in [-0.4, -0.2) is 46.3 Å². The predicted octanol–water partition coefficient (Wildman–Crippen LogP) is 3.69. The first kappa shape index (κ1) is 21.7. The van der Waals surface area contributed by atoms with Crippen LogP contribution in [0, 0.1) is 31.5 Å². The van der Waals surface area contributed by atoms with Crippen molar-refractivity contribution in [2.45, 2.75) is 34.1 Å². The van der Waals surface area contributed by atoms with E-state index in [0.717, 1.165) is 29.1 Å². The molecule has 6 nitrogen and oxygen atoms in total. The van der Waals surface area contributed by atoms with E-state index in [2.05, 4.69) is 18.9 Å². The standard InChI is InChI=1S/C23H28FN3O3/c1-15-11-16(2)13-26(12-15)22(28)14-30-23(29)10-9-21-17(3)25-27(18(21)4)20-7-5-19(24)6-8-20/h5-10,15-16H,11-14H2,1-4H3/b10-9+. The minimum atomic E-state index is -0.574. The maximum atomic E-state index is 13.2. The summed E-state index contributed by atoms with van der Waals surface area (Å²) >= 11 is 0. The summed E-state index contributed by atoms with van der Waals surface area (Å²) in [6.07, 6.45) is 4.05. The van der Waals surface area contributed by atoms with Crippen molar-refractivity contribution in [3.05, 3.63) is 53.1 Å². The van der Waals surface area contributed by atoms with Gasteiger partial charge in [-0.1, -0.05) is 13.8 Å². The average Bonchev–Trinajstić information content (AvgIpc) is 2.98. The Bertz CT molecular complexity index is 939. The first-order chi connectivity index (χ1) is 14.2. The van der Waals surface area contributed by atoms with Crippen molar-refractivity contribution >= 4 is 18.0 Å². The highest BCUT2D eigenvalue weighted by Crippen LogP contribution is 2.21. The quantitative estimate of drug-likeness (QED) is 0.554. The van der Waals surface area contributed by atoms with Gasteiger partial charge in [-0.15, -0.1) is 0 Å². The zero-order chi connectivity index (χ0) is 21.8. The topological polar surface area (TPSA) is 64.4 Å². The minimum Gasteiger partial charge on any atom is -0.452 e. The van der Waals surface area contributed by atoms with Gasteiger partial charge in [-0.3, -0.25) is 4.79 Å². The third kappa shape index (κ3) is 5.14. The largest absolute Gasteiger partial charge is 0.452 e. The molecule has 2 aromatic rings. The van der Waals surface area contributed by atoms with Crippen LogP contribution in [0.1, 0.15) is 37.2 Å². The van der Waals surface area contributed by atoms with Crippen LogP contribution in [0.3, 0.4) is 0 Å². The second-order valence-electron chi connectivity index (χ2n) is 8.16. The van der Waals surface area contributed by atoms with Crippen LogP contribution in [0.15, 0.2) is 30.3 Å². The van der Waals surface area contributed by atoms with Crippen LogP contribution in [0.5, 0.6) is 0 Å². The highest BCUT2D eigenvalue weighted by atomic mass is 19.1. The summed E-state index contributed by atoms with van der Waals surface area (Å²) in [6.45, 7) is 9.12. The van der Waals surface area contributed by atoms with Gasteiger partial charge in [-0.2, -0.15) is 5.10 Å². The Hall–Kier alpha value is -2.96. The number of benzene rings is 1. The lowest BCUT2D eigenvalue weighted by Gasteiger charge is -2.34. The first-order valence-electron chi connectivity index (χ1n) is 10.2. The Morgan fingerprint density at radius 1 is 1.17 bits per heavy atom. The number of aryl methyl sites for hydroxylation is 1. The number of piperidine rings is 1. The summed E-state index contributed by atoms with van der Waals surface area (Å²) < 4.78 is 20.0. The molecule has 0 radical (unpaired) electrons. The van der Waals surface area contributed by atoms with Gasteiger partial charge in [0.15, 0.2) is 6.61 Å². The SMILES string of the molecule is Cc1nn(-c2ccc(F)cc2)c(C)c1/C=C/C(=O)OCC(=O)N1CC(C)CC(C)C1. The monoisotopic (exact) mass is 413 g/mol. The second-order valence-corrected chi connectivity index (χ2v) is 8.16. The maximum absolute atomic E-state index is 13.2. The van der Waals surface area contributed by atoms with Crippen LogP contribution in [-0.2, 0) is 14.3 Å². The molecule has 0 saturated carbocycles. The molecule has 30 heavy (non-hydrogen) atoms. The van der Waals surface area contributed by atoms with Gasteiger partial charge in [0.1, 0.15) is 5.82 Å². The Kier molecular flexibility index (Phi) is 6.70. The van der Waals surface area contributed by atoms with E-state index in [1.807, 2.05) is 13.8 Å². The van der Waals surface area contributed by atoms with Crippen molar-refractivity contribution in [3.63, 3.8) is 0 Å². The lowest BCUT2D eigenvalue weighted by Crippen LogP contribution is -2.44. The van der Waals surface area contributed by atoms with E-state index in [4.69, 9.17) is 4.74 Å². The molecule has 0 N–H and O–H groups in total. The van der Waals surface area contributed by atoms with Crippen molar-refractivity contribution in [2.75, 3.05) is 19.7 Å². The molecular weight excluding hydrogens is 385 g/mol. The summed E-state index contributed by atoms with van der Waals surface area (Å²) in [5.41, 5.74) is 3.06. The molecule has 1 aliphatic rings. The molecule has 3 rings (SSSR count). The molecule has 0 bridgehead atoms. The minimum absolute atomic E-state index is 0.161. The number of rotatable bonds is 5. The Morgan fingerprint density at radius 2 is 1.80 bits per heavy atom. The molecule has 1 aliphatic heterocycles. The van der Waals surface area contributed by atoms with Crippen molar-refractivity contribution in [2.24, 2.45) is 11.8 Å². The number of hydrogen-bond donors (Lipinski definition) is 0. The number of carbonyl (C=O) groups is 2. The van der Waals surface area contributed by atoms with E-state index < -0.39 is 5.97 Å². The number of likely N-dealkylation sites (tertiary alicyclic amines) is 1. The molecule has 2 unspecified atom stereocenters. The lowest BCUT2D eigenvalue weighted by atomic mass is 9.92. The van der Waals surface area contributed by atoms with Crippen LogP contribution in [0.2, 0.25) is 0 Å². The van der Waals surface area contributed by atoms with Crippen LogP contribution < -0.4 is 0 Å². The van der Waals surface area contributed by atoms with E-state index in [1.54, 1.807) is 27.8 Å². The molecule has 1 saturated heterocycles. The van der Waals surface area contributed by atoms with Gasteiger partial charge in [0.05, 0.1) is 11.4 Å². The Balaban J connectivity index is 1.61. The van der Waals surface area contributed by atoms with Gasteiger partial charge in [-0.25, -0.2) is 13.9 Å². The number of aromatic nitrogens is 2. The number of amides is 1. The van der Waals surface area contributed by atoms with Crippen LogP contribution >= 0.6 is 0 Å². The van der Waals surface area contributed by atoms with Gasteiger partial charge in [0.25, 0.3) is 5.91 Å². The fraction of sp³-hybridized carbons (Fsp3) is 0.435. The fourth-order valence-corrected chi connectivity index (χ4v) is 4.02. The van der Waals surface area contributed by atoms with Crippen molar-refractivity contribution in [3.8, 4) is 5.69 Å². The number of ether oxygens (including phenoxy) is 1. The zero-order valence-corrected chi connectivity index (χ0v) is 17.9. The molecule has 1 fully saturated rings. The third-order valence-corrected chi connectivity index (χ3v) is 5.36. The van der Waals surface area contributed by atoms with Crippen molar-refractivity contribution in [1.82, 2.24) is 14.7 Å². The Labute approximate surface area is 176 Å². The van der Waals surface area contributed by atoms with Crippen LogP contribution in [0.25, 0.3) is 11.8 Å². The lowest BCUT2D eigenvalue weighted by molar-refractivity contribution is -0.149. The van der Waals surface area contributed by atoms with Crippen LogP contribution in [0.4, 0.5) is 4.39 Å². The third-order valence-electron chi connectivity index (χ3n) is 5.36. The molecule has 1 aromatic carbocycles. The normalized spacial score (nSPS) is 19.3. The summed E-state index contributed by atoms with van der Waals surface area (Å²) in [7, 11) is 0. The maximum Gasteiger partial charge on any atom is 0.331 e. The molecule has 1 aromatic heterocycles. The first-order valence-corrected chi connectivity index (χ1v) is 10.2. The highest BCUT2D eigenvalue weighted by molar-refractivity contribution is 5.89. The smallest absolute Gasteiger partial charge is 0.331 e. The highest BCUT2D eigenvalue weighted by Gasteiger charge is 2.25. The molecular formula is C23H28FN3O3. The molecule has 2 heterocycles. The van der Waals surface area contributed by atoms with Crippen molar-refractivity contribution in [1.29, 1.82) is 0 Å². The molecule has 0 aliphatic carbocycles. The van der Waals surface area contributed by atoms with E-state index in [9.17, 15) is 14.0 Å². The predicted molar refractivity (Wildman–Crippen MR) is 113 cm³/mol. The molecule has 1 amide bonds. The number of esters is 1. The molecule has 160 valence electrons. The zero-order valence-electron chi connectivity index (χ0n) is 17.9. The Morgan fingerprint density at radius 3 is 2.43 bits per heavy atom. The van der Waals surface area contributed by atoms with Gasteiger partial charge in [0.2, 0.25) is 0 Å². The summed E-state index contributed by atoms with van der Waals surface area (Å²) in [4.78, 5) is 26.2. The molecule has 2 atom stereocenters. The van der Waals surface area contributed by atoms with Gasteiger partial charge < -0.3 is 9.64 Å². The second kappa shape index (κ2) is 9.24.